The summed E-state index contributed by atoms with van der Waals surface area (Å²) in [4.78, 5) is 0. The fraction of sp³-hybridized carbons (Fsp3) is 0.500. The standard InChI is InChI=1S/C18H27N3/c1-5-9-19-18(11-16-12-20-21(6-2)13-16)17-10-14(3)7-8-15(17)4/h7-8,10,12-13,18-19H,5-6,9,11H2,1-4H3. The molecule has 114 valence electrons. The van der Waals surface area contributed by atoms with E-state index in [0.717, 1.165) is 25.9 Å². The molecular weight excluding hydrogens is 258 g/mol. The van der Waals surface area contributed by atoms with Gasteiger partial charge in [-0.1, -0.05) is 30.7 Å². The van der Waals surface area contributed by atoms with E-state index >= 15 is 0 Å². The van der Waals surface area contributed by atoms with E-state index in [-0.39, 0.29) is 0 Å². The molecule has 2 rings (SSSR count). The van der Waals surface area contributed by atoms with Gasteiger partial charge in [0.05, 0.1) is 6.20 Å². The quantitative estimate of drug-likeness (QED) is 0.838. The van der Waals surface area contributed by atoms with E-state index in [0.29, 0.717) is 6.04 Å². The lowest BCUT2D eigenvalue weighted by atomic mass is 9.95. The van der Waals surface area contributed by atoms with Gasteiger partial charge in [-0.15, -0.1) is 0 Å². The SMILES string of the molecule is CCCNC(Cc1cnn(CC)c1)c1cc(C)ccc1C. The summed E-state index contributed by atoms with van der Waals surface area (Å²) in [6.07, 6.45) is 6.29. The summed E-state index contributed by atoms with van der Waals surface area (Å²) >= 11 is 0. The van der Waals surface area contributed by atoms with Gasteiger partial charge in [-0.3, -0.25) is 4.68 Å². The lowest BCUT2D eigenvalue weighted by molar-refractivity contribution is 0.526. The predicted molar refractivity (Wildman–Crippen MR) is 88.6 cm³/mol. The van der Waals surface area contributed by atoms with Crippen molar-refractivity contribution in [2.75, 3.05) is 6.54 Å². The number of hydrogen-bond donors (Lipinski definition) is 1. The van der Waals surface area contributed by atoms with Crippen molar-refractivity contribution in [3.63, 3.8) is 0 Å². The van der Waals surface area contributed by atoms with Crippen LogP contribution in [-0.2, 0) is 13.0 Å². The molecule has 0 aliphatic carbocycles. The molecule has 1 heterocycles. The normalized spacial score (nSPS) is 12.6. The van der Waals surface area contributed by atoms with Crippen LogP contribution in [-0.4, -0.2) is 16.3 Å². The second-order valence-electron chi connectivity index (χ2n) is 5.78. The number of nitrogens with one attached hydrogen (secondary N) is 1. The van der Waals surface area contributed by atoms with Crippen molar-refractivity contribution in [2.45, 2.75) is 53.1 Å². The van der Waals surface area contributed by atoms with Gasteiger partial charge in [0, 0.05) is 18.8 Å². The van der Waals surface area contributed by atoms with E-state index in [2.05, 4.69) is 62.5 Å². The Morgan fingerprint density at radius 2 is 2.05 bits per heavy atom. The summed E-state index contributed by atoms with van der Waals surface area (Å²) < 4.78 is 2.00. The molecule has 1 N–H and O–H groups in total. The van der Waals surface area contributed by atoms with Crippen LogP contribution in [0.3, 0.4) is 0 Å². The summed E-state index contributed by atoms with van der Waals surface area (Å²) in [5, 5.41) is 8.08. The Labute approximate surface area is 128 Å². The monoisotopic (exact) mass is 285 g/mol. The molecule has 1 aromatic heterocycles. The Morgan fingerprint density at radius 1 is 1.24 bits per heavy atom. The summed E-state index contributed by atoms with van der Waals surface area (Å²) in [5.74, 6) is 0. The first-order chi connectivity index (χ1) is 10.1. The Bertz CT molecular complexity index is 572. The first kappa shape index (κ1) is 15.8. The first-order valence-electron chi connectivity index (χ1n) is 7.95. The van der Waals surface area contributed by atoms with Crippen molar-refractivity contribution in [1.82, 2.24) is 15.1 Å². The molecule has 1 unspecified atom stereocenters. The van der Waals surface area contributed by atoms with Gasteiger partial charge in [0.2, 0.25) is 0 Å². The molecule has 0 fully saturated rings. The van der Waals surface area contributed by atoms with Crippen molar-refractivity contribution in [3.8, 4) is 0 Å². The Morgan fingerprint density at radius 3 is 2.71 bits per heavy atom. The molecule has 0 saturated carbocycles. The molecule has 1 atom stereocenters. The molecule has 0 bridgehead atoms. The minimum Gasteiger partial charge on any atom is -0.310 e. The molecule has 1 aromatic carbocycles. The maximum absolute atomic E-state index is 4.39. The molecule has 3 heteroatoms. The lowest BCUT2D eigenvalue weighted by Crippen LogP contribution is -2.24. The smallest absolute Gasteiger partial charge is 0.0522 e. The molecule has 0 saturated heterocycles. The highest BCUT2D eigenvalue weighted by atomic mass is 15.3. The van der Waals surface area contributed by atoms with Gasteiger partial charge in [0.15, 0.2) is 0 Å². The van der Waals surface area contributed by atoms with Gasteiger partial charge in [0.1, 0.15) is 0 Å². The Kier molecular flexibility index (Phi) is 5.57. The second kappa shape index (κ2) is 7.41. The van der Waals surface area contributed by atoms with Crippen molar-refractivity contribution in [1.29, 1.82) is 0 Å². The van der Waals surface area contributed by atoms with E-state index in [1.54, 1.807) is 0 Å². The number of rotatable bonds is 7. The topological polar surface area (TPSA) is 29.9 Å². The van der Waals surface area contributed by atoms with Crippen molar-refractivity contribution < 1.29 is 0 Å². The van der Waals surface area contributed by atoms with Crippen molar-refractivity contribution in [2.24, 2.45) is 0 Å². The maximum atomic E-state index is 4.39. The van der Waals surface area contributed by atoms with Crippen LogP contribution in [0.2, 0.25) is 0 Å². The highest BCUT2D eigenvalue weighted by molar-refractivity contribution is 5.34. The third kappa shape index (κ3) is 4.18. The third-order valence-corrected chi connectivity index (χ3v) is 3.90. The zero-order valence-corrected chi connectivity index (χ0v) is 13.7. The molecule has 0 aliphatic heterocycles. The van der Waals surface area contributed by atoms with Crippen LogP contribution in [0, 0.1) is 13.8 Å². The lowest BCUT2D eigenvalue weighted by Gasteiger charge is -2.21. The highest BCUT2D eigenvalue weighted by Crippen LogP contribution is 2.23. The molecule has 0 spiro atoms. The van der Waals surface area contributed by atoms with Crippen LogP contribution >= 0.6 is 0 Å². The van der Waals surface area contributed by atoms with E-state index in [9.17, 15) is 0 Å². The van der Waals surface area contributed by atoms with E-state index < -0.39 is 0 Å². The molecule has 2 aromatic rings. The van der Waals surface area contributed by atoms with Crippen LogP contribution in [0.5, 0.6) is 0 Å². The number of benzene rings is 1. The van der Waals surface area contributed by atoms with Crippen LogP contribution in [0.25, 0.3) is 0 Å². The van der Waals surface area contributed by atoms with Crippen molar-refractivity contribution >= 4 is 0 Å². The van der Waals surface area contributed by atoms with Gasteiger partial charge in [-0.2, -0.15) is 5.10 Å². The van der Waals surface area contributed by atoms with E-state index in [1.165, 1.54) is 22.3 Å². The molecule has 21 heavy (non-hydrogen) atoms. The predicted octanol–water partition coefficient (Wildman–Crippen LogP) is 3.80. The molecular formula is C18H27N3. The van der Waals surface area contributed by atoms with Crippen LogP contribution in [0.1, 0.15) is 48.6 Å². The zero-order chi connectivity index (χ0) is 15.2. The fourth-order valence-electron chi connectivity index (χ4n) is 2.67. The largest absolute Gasteiger partial charge is 0.310 e. The Balaban J connectivity index is 2.22. The molecule has 0 amide bonds. The zero-order valence-electron chi connectivity index (χ0n) is 13.7. The van der Waals surface area contributed by atoms with E-state index in [4.69, 9.17) is 0 Å². The molecule has 0 radical (unpaired) electrons. The summed E-state index contributed by atoms with van der Waals surface area (Å²) in [6.45, 7) is 10.7. The van der Waals surface area contributed by atoms with E-state index in [1.807, 2.05) is 10.9 Å². The van der Waals surface area contributed by atoms with Crippen molar-refractivity contribution in [3.05, 3.63) is 52.8 Å². The second-order valence-corrected chi connectivity index (χ2v) is 5.78. The number of nitrogens with zero attached hydrogens (tertiary/aromatic N) is 2. The third-order valence-electron chi connectivity index (χ3n) is 3.90. The summed E-state index contributed by atoms with van der Waals surface area (Å²) in [7, 11) is 0. The van der Waals surface area contributed by atoms with Gasteiger partial charge < -0.3 is 5.32 Å². The van der Waals surface area contributed by atoms with Crippen LogP contribution in [0.4, 0.5) is 0 Å². The minimum atomic E-state index is 0.361. The number of aryl methyl sites for hydroxylation is 3. The van der Waals surface area contributed by atoms with Gasteiger partial charge >= 0.3 is 0 Å². The summed E-state index contributed by atoms with van der Waals surface area (Å²) in [5.41, 5.74) is 5.39. The molecule has 0 aliphatic rings. The highest BCUT2D eigenvalue weighted by Gasteiger charge is 2.15. The van der Waals surface area contributed by atoms with Gasteiger partial charge in [-0.25, -0.2) is 0 Å². The number of hydrogen-bond acceptors (Lipinski definition) is 2. The van der Waals surface area contributed by atoms with Crippen LogP contribution in [0.15, 0.2) is 30.6 Å². The minimum absolute atomic E-state index is 0.361. The van der Waals surface area contributed by atoms with Gasteiger partial charge in [0.25, 0.3) is 0 Å². The fourth-order valence-corrected chi connectivity index (χ4v) is 2.67. The first-order valence-corrected chi connectivity index (χ1v) is 7.95. The van der Waals surface area contributed by atoms with Crippen LogP contribution < -0.4 is 5.32 Å². The maximum Gasteiger partial charge on any atom is 0.0522 e. The van der Waals surface area contributed by atoms with Gasteiger partial charge in [-0.05, 0) is 56.8 Å². The Hall–Kier alpha value is -1.61. The number of aromatic nitrogens is 2. The average molecular weight is 285 g/mol. The summed E-state index contributed by atoms with van der Waals surface area (Å²) in [6, 6.07) is 7.08. The molecule has 3 nitrogen and oxygen atoms in total. The average Bonchev–Trinajstić information content (AvgIpc) is 2.94.